The molecule has 0 saturated carbocycles. The van der Waals surface area contributed by atoms with Crippen LogP contribution in [0.15, 0.2) is 29.8 Å². The minimum absolute atomic E-state index is 0.170. The molecule has 0 heterocycles. The molecular weight excluding hydrogens is 236 g/mol. The lowest BCUT2D eigenvalue weighted by Crippen LogP contribution is -2.06. The maximum atomic E-state index is 10.9. The van der Waals surface area contributed by atoms with E-state index in [0.29, 0.717) is 17.9 Å². The van der Waals surface area contributed by atoms with Gasteiger partial charge in [-0.25, -0.2) is 4.79 Å². The molecule has 0 spiro atoms. The molecule has 0 unspecified atom stereocenters. The van der Waals surface area contributed by atoms with Gasteiger partial charge in [-0.3, -0.25) is 4.79 Å². The summed E-state index contributed by atoms with van der Waals surface area (Å²) in [5.41, 5.74) is 0.427. The van der Waals surface area contributed by atoms with Crippen LogP contribution in [0.1, 0.15) is 18.9 Å². The van der Waals surface area contributed by atoms with Gasteiger partial charge in [0.05, 0.1) is 13.0 Å². The van der Waals surface area contributed by atoms with Crippen LogP contribution < -0.4 is 4.74 Å². The Kier molecular flexibility index (Phi) is 4.92. The quantitative estimate of drug-likeness (QED) is 0.755. The third kappa shape index (κ3) is 4.29. The molecule has 0 aromatic heterocycles. The van der Waals surface area contributed by atoms with Gasteiger partial charge in [-0.2, -0.15) is 0 Å². The van der Waals surface area contributed by atoms with Gasteiger partial charge in [-0.1, -0.05) is 12.1 Å². The summed E-state index contributed by atoms with van der Waals surface area (Å²) < 4.78 is 5.28. The second-order valence-electron chi connectivity index (χ2n) is 3.55. The van der Waals surface area contributed by atoms with Crippen molar-refractivity contribution in [2.75, 3.05) is 6.61 Å². The molecule has 1 rings (SSSR count). The molecule has 1 aromatic carbocycles. The number of aliphatic carboxylic acids is 2. The summed E-state index contributed by atoms with van der Waals surface area (Å²) >= 11 is 0. The minimum Gasteiger partial charge on any atom is -0.494 e. The third-order valence-corrected chi connectivity index (χ3v) is 2.13. The highest BCUT2D eigenvalue weighted by Gasteiger charge is 2.11. The number of carboxylic acids is 2. The van der Waals surface area contributed by atoms with E-state index in [1.54, 1.807) is 24.3 Å². The van der Waals surface area contributed by atoms with E-state index >= 15 is 0 Å². The van der Waals surface area contributed by atoms with Gasteiger partial charge in [0.15, 0.2) is 0 Å². The highest BCUT2D eigenvalue weighted by molar-refractivity contribution is 5.96. The normalized spacial score (nSPS) is 11.1. The zero-order valence-electron chi connectivity index (χ0n) is 9.92. The Hall–Kier alpha value is -2.30. The van der Waals surface area contributed by atoms with Crippen molar-refractivity contribution >= 4 is 18.0 Å². The topological polar surface area (TPSA) is 83.8 Å². The second-order valence-corrected chi connectivity index (χ2v) is 3.55. The van der Waals surface area contributed by atoms with E-state index in [1.165, 1.54) is 6.08 Å². The number of benzene rings is 1. The number of hydrogen-bond acceptors (Lipinski definition) is 3. The van der Waals surface area contributed by atoms with Crippen LogP contribution in [-0.2, 0) is 9.59 Å². The molecule has 0 amide bonds. The molecule has 1 aromatic rings. The first-order valence-electron chi connectivity index (χ1n) is 5.41. The van der Waals surface area contributed by atoms with Gasteiger partial charge < -0.3 is 14.9 Å². The molecule has 5 heteroatoms. The molecule has 96 valence electrons. The fourth-order valence-corrected chi connectivity index (χ4v) is 1.41. The predicted octanol–water partition coefficient (Wildman–Crippen LogP) is 2.03. The van der Waals surface area contributed by atoms with Gasteiger partial charge in [-0.15, -0.1) is 0 Å². The van der Waals surface area contributed by atoms with Crippen LogP contribution >= 0.6 is 0 Å². The first-order valence-corrected chi connectivity index (χ1v) is 5.41. The summed E-state index contributed by atoms with van der Waals surface area (Å²) in [7, 11) is 0. The molecule has 0 radical (unpaired) electrons. The molecule has 5 nitrogen and oxygen atoms in total. The van der Waals surface area contributed by atoms with E-state index in [0.717, 1.165) is 0 Å². The standard InChI is InChI=1S/C13H14O5/c1-2-18-11-5-3-4-9(7-11)6-10(13(16)17)8-12(14)15/h3-7H,2,8H2,1H3,(H,14,15)(H,16,17)/b10-6+. The van der Waals surface area contributed by atoms with E-state index < -0.39 is 18.4 Å². The van der Waals surface area contributed by atoms with Crippen molar-refractivity contribution in [1.29, 1.82) is 0 Å². The van der Waals surface area contributed by atoms with Gasteiger partial charge in [0.2, 0.25) is 0 Å². The number of hydrogen-bond donors (Lipinski definition) is 2. The first kappa shape index (κ1) is 13.8. The predicted molar refractivity (Wildman–Crippen MR) is 65.5 cm³/mol. The Morgan fingerprint density at radius 3 is 2.61 bits per heavy atom. The molecule has 0 bridgehead atoms. The molecule has 2 N–H and O–H groups in total. The molecule has 18 heavy (non-hydrogen) atoms. The van der Waals surface area contributed by atoms with Crippen molar-refractivity contribution < 1.29 is 24.5 Å². The Morgan fingerprint density at radius 2 is 2.06 bits per heavy atom. The van der Waals surface area contributed by atoms with E-state index in [4.69, 9.17) is 14.9 Å². The fourth-order valence-electron chi connectivity index (χ4n) is 1.41. The number of rotatable bonds is 6. The zero-order chi connectivity index (χ0) is 13.5. The smallest absolute Gasteiger partial charge is 0.332 e. The van der Waals surface area contributed by atoms with Gasteiger partial charge in [0.25, 0.3) is 0 Å². The lowest BCUT2D eigenvalue weighted by atomic mass is 10.1. The van der Waals surface area contributed by atoms with Crippen LogP contribution in [-0.4, -0.2) is 28.8 Å². The summed E-state index contributed by atoms with van der Waals surface area (Å²) in [5.74, 6) is -1.80. The van der Waals surface area contributed by atoms with Crippen LogP contribution in [0.4, 0.5) is 0 Å². The van der Waals surface area contributed by atoms with E-state index in [-0.39, 0.29) is 5.57 Å². The lowest BCUT2D eigenvalue weighted by Gasteiger charge is -2.04. The lowest BCUT2D eigenvalue weighted by molar-refractivity contribution is -0.139. The summed E-state index contributed by atoms with van der Waals surface area (Å²) in [6, 6.07) is 6.82. The minimum atomic E-state index is -1.24. The maximum Gasteiger partial charge on any atom is 0.332 e. The number of carbonyl (C=O) groups is 2. The molecule has 0 aliphatic carbocycles. The van der Waals surface area contributed by atoms with Crippen LogP contribution in [0.2, 0.25) is 0 Å². The van der Waals surface area contributed by atoms with Crippen molar-refractivity contribution in [3.63, 3.8) is 0 Å². The van der Waals surface area contributed by atoms with Crippen LogP contribution in [0.3, 0.4) is 0 Å². The van der Waals surface area contributed by atoms with Crippen LogP contribution in [0.25, 0.3) is 6.08 Å². The Balaban J connectivity index is 2.99. The van der Waals surface area contributed by atoms with Crippen LogP contribution in [0, 0.1) is 0 Å². The molecule has 0 aliphatic heterocycles. The summed E-state index contributed by atoms with van der Waals surface area (Å²) in [4.78, 5) is 21.4. The largest absolute Gasteiger partial charge is 0.494 e. The Labute approximate surface area is 104 Å². The van der Waals surface area contributed by atoms with E-state index in [1.807, 2.05) is 6.92 Å². The highest BCUT2D eigenvalue weighted by Crippen LogP contribution is 2.17. The van der Waals surface area contributed by atoms with E-state index in [9.17, 15) is 9.59 Å². The van der Waals surface area contributed by atoms with Gasteiger partial charge in [0.1, 0.15) is 5.75 Å². The van der Waals surface area contributed by atoms with Crippen LogP contribution in [0.5, 0.6) is 5.75 Å². The monoisotopic (exact) mass is 250 g/mol. The average Bonchev–Trinajstić information content (AvgIpc) is 2.28. The van der Waals surface area contributed by atoms with Gasteiger partial charge in [-0.05, 0) is 30.7 Å². The fraction of sp³-hybridized carbons (Fsp3) is 0.231. The second kappa shape index (κ2) is 6.44. The van der Waals surface area contributed by atoms with Crippen molar-refractivity contribution in [1.82, 2.24) is 0 Å². The summed E-state index contributed by atoms with van der Waals surface area (Å²) in [5, 5.41) is 17.5. The number of ether oxygens (including phenoxy) is 1. The summed E-state index contributed by atoms with van der Waals surface area (Å²) in [6.45, 7) is 2.35. The Morgan fingerprint density at radius 1 is 1.33 bits per heavy atom. The maximum absolute atomic E-state index is 10.9. The summed E-state index contributed by atoms with van der Waals surface area (Å²) in [6.07, 6.45) is 0.813. The van der Waals surface area contributed by atoms with Crippen molar-refractivity contribution in [2.24, 2.45) is 0 Å². The Bertz CT molecular complexity index is 476. The van der Waals surface area contributed by atoms with Crippen molar-refractivity contribution in [3.8, 4) is 5.75 Å². The number of carboxylic acid groups (broad SMARTS) is 2. The highest BCUT2D eigenvalue weighted by atomic mass is 16.5. The van der Waals surface area contributed by atoms with Gasteiger partial charge in [0, 0.05) is 5.57 Å². The SMILES string of the molecule is CCOc1cccc(/C=C(\CC(=O)O)C(=O)O)c1. The molecule has 0 saturated heterocycles. The third-order valence-electron chi connectivity index (χ3n) is 2.13. The molecular formula is C13H14O5. The van der Waals surface area contributed by atoms with Gasteiger partial charge >= 0.3 is 11.9 Å². The van der Waals surface area contributed by atoms with Crippen molar-refractivity contribution in [2.45, 2.75) is 13.3 Å². The molecule has 0 atom stereocenters. The first-order chi connectivity index (χ1) is 8.52. The average molecular weight is 250 g/mol. The molecule has 0 fully saturated rings. The molecule has 0 aliphatic rings. The zero-order valence-corrected chi connectivity index (χ0v) is 9.92. The van der Waals surface area contributed by atoms with Crippen molar-refractivity contribution in [3.05, 3.63) is 35.4 Å². The van der Waals surface area contributed by atoms with E-state index in [2.05, 4.69) is 0 Å².